The number of aliphatic hydroxyl groups is 1. The summed E-state index contributed by atoms with van der Waals surface area (Å²) in [6, 6.07) is 5.95. The summed E-state index contributed by atoms with van der Waals surface area (Å²) >= 11 is 0. The maximum Gasteiger partial charge on any atom is 0.492 e. The van der Waals surface area contributed by atoms with Crippen molar-refractivity contribution in [3.63, 3.8) is 0 Å². The minimum absolute atomic E-state index is 0.0215. The lowest BCUT2D eigenvalue weighted by atomic mass is 9.94. The van der Waals surface area contributed by atoms with Crippen LogP contribution in [0.15, 0.2) is 36.4 Å². The van der Waals surface area contributed by atoms with Crippen molar-refractivity contribution in [3.05, 3.63) is 59.2 Å². The molecule has 36 heavy (non-hydrogen) atoms. The smallest absolute Gasteiger partial charge is 0.380 e. The van der Waals surface area contributed by atoms with Crippen LogP contribution in [0.4, 0.5) is 22.0 Å². The van der Waals surface area contributed by atoms with Crippen LogP contribution in [0.1, 0.15) is 37.8 Å². The monoisotopic (exact) mass is 533 g/mol. The van der Waals surface area contributed by atoms with Crippen molar-refractivity contribution in [1.82, 2.24) is 9.62 Å². The Hall–Kier alpha value is -2.57. The van der Waals surface area contributed by atoms with E-state index in [0.29, 0.717) is 5.56 Å². The third-order valence-corrected chi connectivity index (χ3v) is 7.75. The van der Waals surface area contributed by atoms with Crippen LogP contribution in [0.25, 0.3) is 11.1 Å². The molecule has 1 aliphatic heterocycles. The first-order valence-electron chi connectivity index (χ1n) is 11.3. The molecule has 4 atom stereocenters. The molecule has 0 saturated carbocycles. The molecule has 1 fully saturated rings. The maximum atomic E-state index is 15.6. The second kappa shape index (κ2) is 10.1. The number of nitrogens with one attached hydrogen (secondary N) is 2. The van der Waals surface area contributed by atoms with Gasteiger partial charge in [0.2, 0.25) is 9.92 Å². The molecule has 1 unspecified atom stereocenters. The van der Waals surface area contributed by atoms with Gasteiger partial charge in [-0.05, 0) is 61.9 Å². The van der Waals surface area contributed by atoms with E-state index in [2.05, 4.69) is 0 Å². The lowest BCUT2D eigenvalue weighted by Gasteiger charge is -2.34. The lowest BCUT2D eigenvalue weighted by molar-refractivity contribution is -0.150. The predicted molar refractivity (Wildman–Crippen MR) is 125 cm³/mol. The van der Waals surface area contributed by atoms with E-state index in [9.17, 15) is 31.7 Å². The van der Waals surface area contributed by atoms with Crippen molar-refractivity contribution in [2.45, 2.75) is 63.2 Å². The number of halogens is 5. The molecule has 2 aromatic carbocycles. The molecule has 1 amide bonds. The van der Waals surface area contributed by atoms with Gasteiger partial charge in [0.25, 0.3) is 5.91 Å². The standard InChI is InChI=1S/C24H28F5N3O3S/c1-4-23(3,34)22(33)32-9-8-19(31-36(30,35)24(27,28)29)20(32)13-15-6-5-7-18(21(15)26)16-10-14(2)11-17(25)12-16/h5-7,10-12,19-20,34H,4,8-9,13H2,1-3H3,(H2,30,31,35)/t19-,20-,23-,36?/m0/s1. The normalized spacial score (nSPS) is 21.8. The third kappa shape index (κ3) is 5.70. The van der Waals surface area contributed by atoms with Crippen molar-refractivity contribution >= 4 is 15.8 Å². The quantitative estimate of drug-likeness (QED) is 0.451. The number of aryl methyl sites for hydroxylation is 1. The summed E-state index contributed by atoms with van der Waals surface area (Å²) in [7, 11) is -5.25. The first-order chi connectivity index (χ1) is 16.6. The summed E-state index contributed by atoms with van der Waals surface area (Å²) in [6.07, 6.45) is -0.356. The second-order valence-electron chi connectivity index (χ2n) is 9.21. The molecule has 2 aromatic rings. The van der Waals surface area contributed by atoms with Crippen LogP contribution >= 0.6 is 0 Å². The van der Waals surface area contributed by atoms with Crippen LogP contribution in [0.2, 0.25) is 0 Å². The molecule has 1 aliphatic rings. The van der Waals surface area contributed by atoms with E-state index in [1.807, 2.05) is 4.72 Å². The summed E-state index contributed by atoms with van der Waals surface area (Å²) < 4.78 is 90.2. The average molecular weight is 534 g/mol. The number of rotatable bonds is 7. The number of carbonyl (C=O) groups is 1. The van der Waals surface area contributed by atoms with Crippen LogP contribution in [-0.4, -0.2) is 49.9 Å². The summed E-state index contributed by atoms with van der Waals surface area (Å²) in [6.45, 7) is 4.38. The second-order valence-corrected chi connectivity index (χ2v) is 11.0. The fraction of sp³-hybridized carbons (Fsp3) is 0.458. The summed E-state index contributed by atoms with van der Waals surface area (Å²) in [5.41, 5.74) is -6.25. The molecule has 0 aromatic heterocycles. The summed E-state index contributed by atoms with van der Waals surface area (Å²) in [5.74, 6) is -2.07. The first kappa shape index (κ1) is 28.0. The van der Waals surface area contributed by atoms with E-state index >= 15 is 4.39 Å². The molecule has 1 saturated heterocycles. The molecule has 3 N–H and O–H groups in total. The van der Waals surface area contributed by atoms with Gasteiger partial charge >= 0.3 is 5.51 Å². The first-order valence-corrected chi connectivity index (χ1v) is 12.8. The molecule has 3 rings (SSSR count). The van der Waals surface area contributed by atoms with Gasteiger partial charge in [0, 0.05) is 18.2 Å². The third-order valence-electron chi connectivity index (χ3n) is 6.46. The van der Waals surface area contributed by atoms with Crippen molar-refractivity contribution in [1.29, 1.82) is 4.78 Å². The molecule has 6 nitrogen and oxygen atoms in total. The molecule has 0 aliphatic carbocycles. The van der Waals surface area contributed by atoms with Crippen molar-refractivity contribution in [2.24, 2.45) is 0 Å². The Morgan fingerprint density at radius 2 is 1.92 bits per heavy atom. The van der Waals surface area contributed by atoms with Gasteiger partial charge in [0.05, 0.1) is 6.04 Å². The number of amides is 1. The number of carbonyl (C=O) groups excluding carboxylic acids is 1. The zero-order chi connectivity index (χ0) is 27.1. The largest absolute Gasteiger partial charge is 0.492 e. The van der Waals surface area contributed by atoms with Crippen molar-refractivity contribution in [3.8, 4) is 11.1 Å². The minimum atomic E-state index is -5.36. The van der Waals surface area contributed by atoms with Gasteiger partial charge in [-0.25, -0.2) is 22.5 Å². The van der Waals surface area contributed by atoms with Gasteiger partial charge in [0.1, 0.15) is 17.2 Å². The fourth-order valence-electron chi connectivity index (χ4n) is 4.31. The molecule has 0 spiro atoms. The fourth-order valence-corrected chi connectivity index (χ4v) is 5.15. The van der Waals surface area contributed by atoms with Gasteiger partial charge in [0.15, 0.2) is 0 Å². The zero-order valence-corrected chi connectivity index (χ0v) is 20.8. The van der Waals surface area contributed by atoms with Gasteiger partial charge in [-0.3, -0.25) is 4.79 Å². The Kier molecular flexibility index (Phi) is 7.83. The molecular weight excluding hydrogens is 505 g/mol. The van der Waals surface area contributed by atoms with E-state index in [-0.39, 0.29) is 42.5 Å². The average Bonchev–Trinajstić information content (AvgIpc) is 3.14. The van der Waals surface area contributed by atoms with Crippen LogP contribution in [-0.2, 0) is 21.1 Å². The zero-order valence-electron chi connectivity index (χ0n) is 20.0. The number of alkyl halides is 3. The molecular formula is C24H28F5N3O3S. The van der Waals surface area contributed by atoms with E-state index < -0.39 is 50.6 Å². The Bertz CT molecular complexity index is 1230. The highest BCUT2D eigenvalue weighted by molar-refractivity contribution is 7.91. The van der Waals surface area contributed by atoms with Crippen LogP contribution in [0.3, 0.4) is 0 Å². The minimum Gasteiger partial charge on any atom is -0.380 e. The lowest BCUT2D eigenvalue weighted by Crippen LogP contribution is -2.54. The van der Waals surface area contributed by atoms with Gasteiger partial charge in [-0.1, -0.05) is 31.2 Å². The Labute approximate surface area is 206 Å². The number of hydrogen-bond acceptors (Lipinski definition) is 4. The highest BCUT2D eigenvalue weighted by atomic mass is 32.2. The summed E-state index contributed by atoms with van der Waals surface area (Å²) in [5, 5.41) is 10.5. The molecule has 12 heteroatoms. The highest BCUT2D eigenvalue weighted by Gasteiger charge is 2.48. The molecule has 198 valence electrons. The van der Waals surface area contributed by atoms with E-state index in [0.717, 1.165) is 11.0 Å². The van der Waals surface area contributed by atoms with Crippen LogP contribution in [0, 0.1) is 23.3 Å². The Morgan fingerprint density at radius 1 is 1.25 bits per heavy atom. The van der Waals surface area contributed by atoms with Crippen LogP contribution < -0.4 is 4.72 Å². The molecule has 0 radical (unpaired) electrons. The SMILES string of the molecule is CC[C@](C)(O)C(=O)N1CC[C@H](NS(=N)(=O)C(F)(F)F)[C@@H]1Cc1cccc(-c2cc(C)cc(F)c2)c1F. The van der Waals surface area contributed by atoms with Crippen molar-refractivity contribution in [2.75, 3.05) is 6.54 Å². The number of hydrogen-bond donors (Lipinski definition) is 3. The Balaban J connectivity index is 2.02. The molecule has 1 heterocycles. The summed E-state index contributed by atoms with van der Waals surface area (Å²) in [4.78, 5) is 14.2. The van der Waals surface area contributed by atoms with E-state index in [1.54, 1.807) is 19.9 Å². The number of likely N-dealkylation sites (tertiary alicyclic amines) is 1. The van der Waals surface area contributed by atoms with E-state index in [1.165, 1.54) is 31.2 Å². The van der Waals surface area contributed by atoms with E-state index in [4.69, 9.17) is 4.78 Å². The number of benzene rings is 2. The van der Waals surface area contributed by atoms with Crippen molar-refractivity contribution < 1.29 is 36.1 Å². The highest BCUT2D eigenvalue weighted by Crippen LogP contribution is 2.32. The topological polar surface area (TPSA) is 93.5 Å². The van der Waals surface area contributed by atoms with Gasteiger partial charge < -0.3 is 10.0 Å². The molecule has 0 bridgehead atoms. The Morgan fingerprint density at radius 3 is 2.50 bits per heavy atom. The van der Waals surface area contributed by atoms with Gasteiger partial charge in [-0.2, -0.15) is 13.2 Å². The maximum absolute atomic E-state index is 15.6. The van der Waals surface area contributed by atoms with Crippen LogP contribution in [0.5, 0.6) is 0 Å². The van der Waals surface area contributed by atoms with Gasteiger partial charge in [-0.15, -0.1) is 0 Å². The predicted octanol–water partition coefficient (Wildman–Crippen LogP) is 4.68. The number of nitrogens with zero attached hydrogens (tertiary/aromatic N) is 1.